The van der Waals surface area contributed by atoms with Crippen LogP contribution in [-0.4, -0.2) is 24.6 Å². The fourth-order valence-corrected chi connectivity index (χ4v) is 2.03. The molecular formula is C17H14ClF2NO4. The summed E-state index contributed by atoms with van der Waals surface area (Å²) in [7, 11) is 0. The van der Waals surface area contributed by atoms with Gasteiger partial charge in [-0.05, 0) is 43.3 Å². The standard InChI is InChI=1S/C17H14ClF2NO4/c1-10(15(22)21-14-5-3-2-4-13(14)18)24-16(23)11-6-8-12(9-7-11)25-17(19)20/h2-10,17H,1H3,(H,21,22)/t10-/m1/s1. The van der Waals surface area contributed by atoms with E-state index in [0.29, 0.717) is 10.7 Å². The Morgan fingerprint density at radius 1 is 1.08 bits per heavy atom. The summed E-state index contributed by atoms with van der Waals surface area (Å²) in [6.45, 7) is -1.55. The molecule has 0 saturated carbocycles. The van der Waals surface area contributed by atoms with Crippen molar-refractivity contribution in [3.63, 3.8) is 0 Å². The summed E-state index contributed by atoms with van der Waals surface area (Å²) in [5.74, 6) is -1.42. The van der Waals surface area contributed by atoms with E-state index in [-0.39, 0.29) is 11.3 Å². The minimum atomic E-state index is -2.95. The quantitative estimate of drug-likeness (QED) is 0.778. The minimum absolute atomic E-state index is 0.0870. The number of carbonyl (C=O) groups is 2. The van der Waals surface area contributed by atoms with Gasteiger partial charge in [0.15, 0.2) is 6.10 Å². The maximum Gasteiger partial charge on any atom is 0.387 e. The molecule has 1 atom stereocenters. The molecular weight excluding hydrogens is 356 g/mol. The minimum Gasteiger partial charge on any atom is -0.449 e. The molecule has 1 amide bonds. The Morgan fingerprint density at radius 2 is 1.72 bits per heavy atom. The molecule has 132 valence electrons. The third-order valence-electron chi connectivity index (χ3n) is 3.10. The molecule has 8 heteroatoms. The van der Waals surface area contributed by atoms with Gasteiger partial charge in [-0.3, -0.25) is 4.79 Å². The molecule has 25 heavy (non-hydrogen) atoms. The molecule has 0 bridgehead atoms. The number of benzene rings is 2. The molecule has 0 aliphatic carbocycles. The predicted molar refractivity (Wildman–Crippen MR) is 88.0 cm³/mol. The maximum atomic E-state index is 12.1. The monoisotopic (exact) mass is 369 g/mol. The van der Waals surface area contributed by atoms with Gasteiger partial charge in [-0.2, -0.15) is 8.78 Å². The number of halogens is 3. The van der Waals surface area contributed by atoms with Gasteiger partial charge in [0, 0.05) is 0 Å². The second kappa shape index (κ2) is 8.43. The fourth-order valence-electron chi connectivity index (χ4n) is 1.85. The SMILES string of the molecule is C[C@@H](OC(=O)c1ccc(OC(F)F)cc1)C(=O)Nc1ccccc1Cl. The molecule has 0 heterocycles. The number of anilines is 1. The molecule has 2 aromatic rings. The summed E-state index contributed by atoms with van der Waals surface area (Å²) >= 11 is 5.94. The fraction of sp³-hybridized carbons (Fsp3) is 0.176. The van der Waals surface area contributed by atoms with Crippen molar-refractivity contribution >= 4 is 29.2 Å². The van der Waals surface area contributed by atoms with E-state index in [0.717, 1.165) is 0 Å². The average Bonchev–Trinajstić information content (AvgIpc) is 2.56. The zero-order valence-electron chi connectivity index (χ0n) is 13.0. The van der Waals surface area contributed by atoms with E-state index in [1.54, 1.807) is 24.3 Å². The van der Waals surface area contributed by atoms with Crippen LogP contribution in [0, 0.1) is 0 Å². The number of para-hydroxylation sites is 1. The molecule has 0 radical (unpaired) electrons. The van der Waals surface area contributed by atoms with Crippen molar-refractivity contribution in [3.8, 4) is 5.75 Å². The van der Waals surface area contributed by atoms with Crippen LogP contribution in [-0.2, 0) is 9.53 Å². The molecule has 1 N–H and O–H groups in total. The summed E-state index contributed by atoms with van der Waals surface area (Å²) in [4.78, 5) is 24.1. The number of alkyl halides is 2. The van der Waals surface area contributed by atoms with Crippen LogP contribution in [0.25, 0.3) is 0 Å². The maximum absolute atomic E-state index is 12.1. The van der Waals surface area contributed by atoms with Gasteiger partial charge in [0.25, 0.3) is 5.91 Å². The van der Waals surface area contributed by atoms with E-state index in [1.807, 2.05) is 0 Å². The highest BCUT2D eigenvalue weighted by Crippen LogP contribution is 2.21. The molecule has 0 spiro atoms. The lowest BCUT2D eigenvalue weighted by atomic mass is 10.2. The van der Waals surface area contributed by atoms with Crippen LogP contribution in [0.4, 0.5) is 14.5 Å². The normalized spacial score (nSPS) is 11.7. The van der Waals surface area contributed by atoms with E-state index < -0.39 is 24.6 Å². The van der Waals surface area contributed by atoms with Crippen LogP contribution in [0.15, 0.2) is 48.5 Å². The lowest BCUT2D eigenvalue weighted by molar-refractivity contribution is -0.123. The first-order valence-electron chi connectivity index (χ1n) is 7.18. The Balaban J connectivity index is 1.95. The van der Waals surface area contributed by atoms with E-state index in [2.05, 4.69) is 10.1 Å². The Kier molecular flexibility index (Phi) is 6.30. The number of nitrogens with one attached hydrogen (secondary N) is 1. The molecule has 0 saturated heterocycles. The highest BCUT2D eigenvalue weighted by Gasteiger charge is 2.20. The van der Waals surface area contributed by atoms with Crippen LogP contribution >= 0.6 is 11.6 Å². The number of hydrogen-bond donors (Lipinski definition) is 1. The lowest BCUT2D eigenvalue weighted by Gasteiger charge is -2.14. The molecule has 0 aliphatic heterocycles. The number of amides is 1. The van der Waals surface area contributed by atoms with Gasteiger partial charge < -0.3 is 14.8 Å². The van der Waals surface area contributed by atoms with Gasteiger partial charge in [0.05, 0.1) is 16.3 Å². The lowest BCUT2D eigenvalue weighted by Crippen LogP contribution is -2.30. The van der Waals surface area contributed by atoms with Crippen molar-refractivity contribution in [1.29, 1.82) is 0 Å². The third kappa shape index (κ3) is 5.42. The first-order valence-corrected chi connectivity index (χ1v) is 7.56. The molecule has 0 fully saturated rings. The predicted octanol–water partition coefficient (Wildman–Crippen LogP) is 4.13. The Morgan fingerprint density at radius 3 is 2.32 bits per heavy atom. The van der Waals surface area contributed by atoms with Crippen LogP contribution in [0.1, 0.15) is 17.3 Å². The molecule has 2 aromatic carbocycles. The Bertz CT molecular complexity index is 753. The number of rotatable bonds is 6. The third-order valence-corrected chi connectivity index (χ3v) is 3.43. The molecule has 2 rings (SSSR count). The number of esters is 1. The van der Waals surface area contributed by atoms with Crippen molar-refractivity contribution < 1.29 is 27.8 Å². The first-order chi connectivity index (χ1) is 11.9. The molecule has 0 unspecified atom stereocenters. The van der Waals surface area contributed by atoms with E-state index in [9.17, 15) is 18.4 Å². The van der Waals surface area contributed by atoms with Crippen molar-refractivity contribution in [2.24, 2.45) is 0 Å². The Hall–Kier alpha value is -2.67. The van der Waals surface area contributed by atoms with Crippen LogP contribution in [0.3, 0.4) is 0 Å². The van der Waals surface area contributed by atoms with Crippen molar-refractivity contribution in [3.05, 3.63) is 59.1 Å². The van der Waals surface area contributed by atoms with Crippen LogP contribution in [0.5, 0.6) is 5.75 Å². The summed E-state index contributed by atoms with van der Waals surface area (Å²) < 4.78 is 33.4. The van der Waals surface area contributed by atoms with E-state index in [4.69, 9.17) is 16.3 Å². The number of ether oxygens (including phenoxy) is 2. The smallest absolute Gasteiger partial charge is 0.387 e. The molecule has 0 aliphatic rings. The van der Waals surface area contributed by atoms with Crippen LogP contribution in [0.2, 0.25) is 5.02 Å². The number of carbonyl (C=O) groups excluding carboxylic acids is 2. The second-order valence-electron chi connectivity index (χ2n) is 4.92. The zero-order valence-corrected chi connectivity index (χ0v) is 13.8. The van der Waals surface area contributed by atoms with Crippen molar-refractivity contribution in [2.75, 3.05) is 5.32 Å². The summed E-state index contributed by atoms with van der Waals surface area (Å²) in [5, 5.41) is 2.90. The summed E-state index contributed by atoms with van der Waals surface area (Å²) in [5.41, 5.74) is 0.490. The Labute approximate surface area is 147 Å². The van der Waals surface area contributed by atoms with Crippen molar-refractivity contribution in [2.45, 2.75) is 19.6 Å². The highest BCUT2D eigenvalue weighted by molar-refractivity contribution is 6.33. The first kappa shape index (κ1) is 18.7. The van der Waals surface area contributed by atoms with Gasteiger partial charge >= 0.3 is 12.6 Å². The van der Waals surface area contributed by atoms with Gasteiger partial charge in [-0.15, -0.1) is 0 Å². The topological polar surface area (TPSA) is 64.6 Å². The molecule has 5 nitrogen and oxygen atoms in total. The summed E-state index contributed by atoms with van der Waals surface area (Å²) in [6, 6.07) is 11.6. The van der Waals surface area contributed by atoms with E-state index in [1.165, 1.54) is 31.2 Å². The second-order valence-corrected chi connectivity index (χ2v) is 5.33. The summed E-state index contributed by atoms with van der Waals surface area (Å²) in [6.07, 6.45) is -1.08. The average molecular weight is 370 g/mol. The van der Waals surface area contributed by atoms with Gasteiger partial charge in [0.2, 0.25) is 0 Å². The van der Waals surface area contributed by atoms with Crippen molar-refractivity contribution in [1.82, 2.24) is 0 Å². The molecule has 0 aromatic heterocycles. The largest absolute Gasteiger partial charge is 0.449 e. The van der Waals surface area contributed by atoms with E-state index >= 15 is 0 Å². The number of hydrogen-bond acceptors (Lipinski definition) is 4. The van der Waals surface area contributed by atoms with Crippen LogP contribution < -0.4 is 10.1 Å². The van der Waals surface area contributed by atoms with Gasteiger partial charge in [-0.1, -0.05) is 23.7 Å². The van der Waals surface area contributed by atoms with Gasteiger partial charge in [-0.25, -0.2) is 4.79 Å². The van der Waals surface area contributed by atoms with Gasteiger partial charge in [0.1, 0.15) is 5.75 Å². The highest BCUT2D eigenvalue weighted by atomic mass is 35.5. The zero-order chi connectivity index (χ0) is 18.4.